The molecule has 0 aliphatic carbocycles. The van der Waals surface area contributed by atoms with Crippen LogP contribution < -0.4 is 21.9 Å². The molecular formula is C49H37B7N2O2. The molecule has 4 heterocycles. The molecule has 0 bridgehead atoms. The third kappa shape index (κ3) is 4.97. The molecule has 0 saturated carbocycles. The van der Waals surface area contributed by atoms with Crippen LogP contribution in [0.3, 0.4) is 0 Å². The minimum atomic E-state index is 0.677. The Hall–Kier alpha value is -6.77. The lowest BCUT2D eigenvalue weighted by atomic mass is 9.60. The lowest BCUT2D eigenvalue weighted by Crippen LogP contribution is -2.47. The van der Waals surface area contributed by atoms with Gasteiger partial charge in [0.05, 0.1) is 16.6 Å². The second-order valence-electron chi connectivity index (χ2n) is 16.6. The van der Waals surface area contributed by atoms with Crippen LogP contribution >= 0.6 is 0 Å². The Morgan fingerprint density at radius 1 is 0.517 bits per heavy atom. The van der Waals surface area contributed by atoms with Crippen molar-refractivity contribution in [3.8, 4) is 18.0 Å². The molecule has 11 rings (SSSR count). The highest BCUT2D eigenvalue weighted by atomic mass is 16.3. The fourth-order valence-electron chi connectivity index (χ4n) is 10.2. The minimum Gasteiger partial charge on any atom is -0.454 e. The Morgan fingerprint density at radius 3 is 1.57 bits per heavy atom. The lowest BCUT2D eigenvalue weighted by Gasteiger charge is -2.27. The molecule has 60 heavy (non-hydrogen) atoms. The Kier molecular flexibility index (Phi) is 8.10. The molecule has 0 spiro atoms. The van der Waals surface area contributed by atoms with Gasteiger partial charge in [-0.1, -0.05) is 124 Å². The largest absolute Gasteiger partial charge is 0.454 e. The molecule has 0 aliphatic heterocycles. The van der Waals surface area contributed by atoms with Crippen LogP contribution in [-0.4, -0.2) is 64.1 Å². The number of rotatable bonds is 5. The summed E-state index contributed by atoms with van der Waals surface area (Å²) in [5.41, 5.74) is 19.9. The molecule has 0 fully saturated rings. The molecule has 0 amide bonds. The first-order valence-electron chi connectivity index (χ1n) is 20.8. The second-order valence-corrected chi connectivity index (χ2v) is 16.6. The average molecular weight is 762 g/mol. The van der Waals surface area contributed by atoms with E-state index in [0.717, 1.165) is 71.5 Å². The zero-order chi connectivity index (χ0) is 41.1. The first kappa shape index (κ1) is 36.3. The summed E-state index contributed by atoms with van der Waals surface area (Å²) in [7, 11) is 15.7. The van der Waals surface area contributed by atoms with Crippen molar-refractivity contribution in [1.82, 2.24) is 9.13 Å². The number of terminal acetylenes is 1. The van der Waals surface area contributed by atoms with E-state index in [1.165, 1.54) is 71.1 Å². The van der Waals surface area contributed by atoms with E-state index in [1.807, 2.05) is 12.1 Å². The van der Waals surface area contributed by atoms with Gasteiger partial charge in [-0.2, -0.15) is 0 Å². The van der Waals surface area contributed by atoms with Crippen LogP contribution in [0.1, 0.15) is 5.56 Å². The standard InChI is InChI=1S/C49H37B7N2O2/c1-2-32(50)38(40(52)33(51)23-57-34-15-7-3-11-24(34)28-19-21-30-26-13-5-9-17-36(26)59-48(30)45(28)57)39-41(53)43(55)47(44(56)42(39)54)58-35-16-8-4-12-25(35)29-20-22-31-27-14-6-10-18-37(27)60-49(31)46(29)58/h1,3-22H,23,50-56H2/b38-32+,40-33-. The molecule has 0 radical (unpaired) electrons. The highest BCUT2D eigenvalue weighted by Crippen LogP contribution is 2.41. The number of benzene rings is 7. The van der Waals surface area contributed by atoms with Gasteiger partial charge in [-0.25, -0.2) is 0 Å². The average Bonchev–Trinajstić information content (AvgIpc) is 4.02. The number of allylic oxidation sites excluding steroid dienone is 4. The van der Waals surface area contributed by atoms with Gasteiger partial charge in [0, 0.05) is 60.8 Å². The van der Waals surface area contributed by atoms with Crippen LogP contribution in [0.2, 0.25) is 0 Å². The van der Waals surface area contributed by atoms with E-state index in [9.17, 15) is 0 Å². The van der Waals surface area contributed by atoms with Gasteiger partial charge in [-0.15, -0.1) is 6.42 Å². The zero-order valence-corrected chi connectivity index (χ0v) is 35.0. The van der Waals surface area contributed by atoms with E-state index in [0.29, 0.717) is 6.54 Å². The van der Waals surface area contributed by atoms with Crippen LogP contribution in [-0.2, 0) is 6.54 Å². The Bertz CT molecular complexity index is 3770. The SMILES string of the molecule is B/C(Cn1c2ccccc2c2ccc3c4ccccc4oc3c21)=C(B)/C(=C(/B)C#C)c1c(B)c(B)c(-n2c3ccccc3c3ccc4c5ccccc5oc4c32)c(B)c1B. The van der Waals surface area contributed by atoms with E-state index in [4.69, 9.17) is 15.3 Å². The topological polar surface area (TPSA) is 36.1 Å². The van der Waals surface area contributed by atoms with E-state index < -0.39 is 0 Å². The summed E-state index contributed by atoms with van der Waals surface area (Å²) in [6.07, 6.45) is 6.36. The van der Waals surface area contributed by atoms with Crippen LogP contribution in [0.25, 0.3) is 98.7 Å². The van der Waals surface area contributed by atoms with Gasteiger partial charge >= 0.3 is 0 Å². The summed E-state index contributed by atoms with van der Waals surface area (Å²) in [5.74, 6) is 3.08. The summed E-state index contributed by atoms with van der Waals surface area (Å²) in [6.45, 7) is 0.677. The number of aromatic nitrogens is 2. The molecule has 11 heteroatoms. The highest BCUT2D eigenvalue weighted by Gasteiger charge is 2.26. The smallest absolute Gasteiger partial charge is 0.160 e. The fraction of sp³-hybridized carbons (Fsp3) is 0.0204. The molecular weight excluding hydrogens is 724 g/mol. The highest BCUT2D eigenvalue weighted by molar-refractivity contribution is 6.61. The fourth-order valence-corrected chi connectivity index (χ4v) is 10.2. The van der Waals surface area contributed by atoms with Crippen LogP contribution in [0.15, 0.2) is 147 Å². The molecule has 11 aromatic rings. The summed E-state index contributed by atoms with van der Waals surface area (Å²) >= 11 is 0. The maximum Gasteiger partial charge on any atom is 0.160 e. The van der Waals surface area contributed by atoms with E-state index >= 15 is 0 Å². The van der Waals surface area contributed by atoms with Gasteiger partial charge < -0.3 is 18.0 Å². The third-order valence-corrected chi connectivity index (χ3v) is 13.5. The van der Waals surface area contributed by atoms with E-state index in [1.54, 1.807) is 0 Å². The van der Waals surface area contributed by atoms with Crippen molar-refractivity contribution in [3.63, 3.8) is 0 Å². The van der Waals surface area contributed by atoms with Gasteiger partial charge in [0.15, 0.2) is 19.0 Å². The van der Waals surface area contributed by atoms with E-state index in [2.05, 4.69) is 179 Å². The van der Waals surface area contributed by atoms with Gasteiger partial charge in [0.2, 0.25) is 0 Å². The van der Waals surface area contributed by atoms with Crippen molar-refractivity contribution < 1.29 is 8.83 Å². The second kappa shape index (κ2) is 13.4. The number of hydrogen-bond acceptors (Lipinski definition) is 2. The summed E-state index contributed by atoms with van der Waals surface area (Å²) in [5, 5.41) is 9.31. The third-order valence-electron chi connectivity index (χ3n) is 13.5. The Balaban J connectivity index is 1.13. The summed E-state index contributed by atoms with van der Waals surface area (Å²) < 4.78 is 18.3. The number of para-hydroxylation sites is 4. The number of fused-ring (bicyclic) bond motifs is 14. The summed E-state index contributed by atoms with van der Waals surface area (Å²) in [4.78, 5) is 0. The number of hydrogen-bond donors (Lipinski definition) is 0. The van der Waals surface area contributed by atoms with Gasteiger partial charge in [-0.3, -0.25) is 0 Å². The quantitative estimate of drug-likeness (QED) is 0.154. The maximum absolute atomic E-state index is 6.73. The lowest BCUT2D eigenvalue weighted by molar-refractivity contribution is 0.669. The molecule has 0 aliphatic rings. The van der Waals surface area contributed by atoms with Crippen LogP contribution in [0.5, 0.6) is 0 Å². The molecule has 4 nitrogen and oxygen atoms in total. The first-order chi connectivity index (χ1) is 29.2. The molecule has 0 N–H and O–H groups in total. The molecule has 276 valence electrons. The van der Waals surface area contributed by atoms with Gasteiger partial charge in [-0.05, 0) is 53.0 Å². The first-order valence-corrected chi connectivity index (χ1v) is 20.8. The normalized spacial score (nSPS) is 13.1. The van der Waals surface area contributed by atoms with Crippen molar-refractivity contribution in [1.29, 1.82) is 0 Å². The van der Waals surface area contributed by atoms with Crippen LogP contribution in [0.4, 0.5) is 0 Å². The van der Waals surface area contributed by atoms with Crippen molar-refractivity contribution in [2.45, 2.75) is 6.54 Å². The van der Waals surface area contributed by atoms with Crippen molar-refractivity contribution in [2.24, 2.45) is 0 Å². The Morgan fingerprint density at radius 2 is 0.983 bits per heavy atom. The maximum atomic E-state index is 6.73. The van der Waals surface area contributed by atoms with Crippen molar-refractivity contribution in [2.75, 3.05) is 0 Å². The molecule has 7 aromatic carbocycles. The molecule has 0 unspecified atom stereocenters. The monoisotopic (exact) mass is 762 g/mol. The molecule has 4 aromatic heterocycles. The predicted octanol–water partition coefficient (Wildman–Crippen LogP) is 2.88. The van der Waals surface area contributed by atoms with E-state index in [-0.39, 0.29) is 0 Å². The molecule has 0 atom stereocenters. The van der Waals surface area contributed by atoms with Gasteiger partial charge in [0.1, 0.15) is 58.2 Å². The minimum absolute atomic E-state index is 0.677. The Labute approximate surface area is 354 Å². The molecule has 0 saturated heterocycles. The van der Waals surface area contributed by atoms with Crippen LogP contribution in [0, 0.1) is 12.3 Å². The van der Waals surface area contributed by atoms with Gasteiger partial charge in [0.25, 0.3) is 0 Å². The number of nitrogens with zero attached hydrogens (tertiary/aromatic N) is 2. The van der Waals surface area contributed by atoms with Crippen molar-refractivity contribution >= 4 is 170 Å². The predicted molar refractivity (Wildman–Crippen MR) is 276 cm³/mol. The zero-order valence-electron chi connectivity index (χ0n) is 35.0. The summed E-state index contributed by atoms with van der Waals surface area (Å²) in [6, 6.07) is 43.1. The van der Waals surface area contributed by atoms with Crippen molar-refractivity contribution in [3.05, 3.63) is 143 Å². The number of furan rings is 2.